The molecule has 92 valence electrons. The molecule has 0 aliphatic rings. The number of H-pyrrole nitrogens is 1. The summed E-state index contributed by atoms with van der Waals surface area (Å²) in [6.45, 7) is 1.60. The summed E-state index contributed by atoms with van der Waals surface area (Å²) in [5.74, 6) is 0. The average molecular weight is 325 g/mol. The molecular formula is C11H9BrN4OS. The van der Waals surface area contributed by atoms with Crippen LogP contribution >= 0.6 is 28.1 Å². The highest BCUT2D eigenvalue weighted by atomic mass is 79.9. The zero-order valence-electron chi connectivity index (χ0n) is 9.42. The van der Waals surface area contributed by atoms with E-state index in [0.717, 1.165) is 14.7 Å². The Hall–Kier alpha value is -1.60. The normalized spacial score (nSPS) is 11.0. The number of aromatic nitrogens is 3. The highest BCUT2D eigenvalue weighted by molar-refractivity contribution is 9.10. The number of aromatic amines is 1. The highest BCUT2D eigenvalue weighted by Crippen LogP contribution is 2.09. The Labute approximate surface area is 116 Å². The number of hydrogen-bond acceptors (Lipinski definition) is 4. The molecule has 2 rings (SSSR count). The van der Waals surface area contributed by atoms with Crippen LogP contribution < -0.4 is 5.56 Å². The smallest absolute Gasteiger partial charge is 0.265 e. The van der Waals surface area contributed by atoms with Crippen LogP contribution in [0.5, 0.6) is 0 Å². The van der Waals surface area contributed by atoms with Crippen molar-refractivity contribution < 1.29 is 0 Å². The fourth-order valence-electron chi connectivity index (χ4n) is 1.29. The molecule has 0 atom stereocenters. The molecule has 1 aromatic heterocycles. The molecule has 0 radical (unpaired) electrons. The van der Waals surface area contributed by atoms with Gasteiger partial charge in [0, 0.05) is 4.47 Å². The minimum absolute atomic E-state index is 0.164. The van der Waals surface area contributed by atoms with Crippen molar-refractivity contribution in [2.75, 3.05) is 0 Å². The molecule has 0 saturated heterocycles. The molecule has 2 aromatic rings. The van der Waals surface area contributed by atoms with E-state index in [1.165, 1.54) is 0 Å². The Morgan fingerprint density at radius 1 is 1.56 bits per heavy atom. The molecule has 0 amide bonds. The van der Waals surface area contributed by atoms with Crippen molar-refractivity contribution in [1.29, 1.82) is 0 Å². The Morgan fingerprint density at radius 3 is 3.06 bits per heavy atom. The lowest BCUT2D eigenvalue weighted by Gasteiger charge is -1.99. The number of nitrogens with one attached hydrogen (secondary N) is 1. The van der Waals surface area contributed by atoms with Gasteiger partial charge in [-0.15, -0.1) is 0 Å². The van der Waals surface area contributed by atoms with Crippen LogP contribution in [0.1, 0.15) is 11.3 Å². The van der Waals surface area contributed by atoms with Crippen LogP contribution in [0.15, 0.2) is 38.6 Å². The van der Waals surface area contributed by atoms with E-state index >= 15 is 0 Å². The third-order valence-corrected chi connectivity index (χ3v) is 2.94. The lowest BCUT2D eigenvalue weighted by Crippen LogP contribution is -2.22. The van der Waals surface area contributed by atoms with Crippen LogP contribution in [0.2, 0.25) is 0 Å². The van der Waals surface area contributed by atoms with E-state index in [2.05, 4.69) is 31.2 Å². The predicted molar refractivity (Wildman–Crippen MR) is 75.6 cm³/mol. The SMILES string of the molecule is Cc1n[nH]c(=S)n(/N=C/c2cccc(Br)c2)c1=O. The molecule has 0 saturated carbocycles. The first-order chi connectivity index (χ1) is 8.58. The van der Waals surface area contributed by atoms with Crippen molar-refractivity contribution in [2.24, 2.45) is 5.10 Å². The Morgan fingerprint density at radius 2 is 2.33 bits per heavy atom. The minimum Gasteiger partial charge on any atom is -0.265 e. The van der Waals surface area contributed by atoms with E-state index in [-0.39, 0.29) is 10.3 Å². The fraction of sp³-hybridized carbons (Fsp3) is 0.0909. The van der Waals surface area contributed by atoms with Crippen LogP contribution in [0.4, 0.5) is 0 Å². The maximum Gasteiger partial charge on any atom is 0.296 e. The van der Waals surface area contributed by atoms with Crippen LogP contribution in [-0.4, -0.2) is 21.1 Å². The summed E-state index contributed by atoms with van der Waals surface area (Å²) in [4.78, 5) is 11.8. The van der Waals surface area contributed by atoms with Gasteiger partial charge in [-0.1, -0.05) is 28.1 Å². The third-order valence-electron chi connectivity index (χ3n) is 2.18. The van der Waals surface area contributed by atoms with Gasteiger partial charge in [-0.3, -0.25) is 9.89 Å². The number of aryl methyl sites for hydroxylation is 1. The first-order valence-corrected chi connectivity index (χ1v) is 6.26. The van der Waals surface area contributed by atoms with E-state index in [1.54, 1.807) is 13.1 Å². The van der Waals surface area contributed by atoms with Gasteiger partial charge in [-0.05, 0) is 36.8 Å². The van der Waals surface area contributed by atoms with E-state index < -0.39 is 0 Å². The number of rotatable bonds is 2. The third kappa shape index (κ3) is 2.80. The number of hydrogen-bond donors (Lipinski definition) is 1. The fourth-order valence-corrected chi connectivity index (χ4v) is 1.88. The molecule has 7 heteroatoms. The summed E-state index contributed by atoms with van der Waals surface area (Å²) in [6.07, 6.45) is 1.56. The zero-order chi connectivity index (χ0) is 13.1. The van der Waals surface area contributed by atoms with Gasteiger partial charge in [-0.2, -0.15) is 14.9 Å². The van der Waals surface area contributed by atoms with Crippen LogP contribution in [-0.2, 0) is 0 Å². The summed E-state index contributed by atoms with van der Waals surface area (Å²) in [6, 6.07) is 7.55. The molecule has 5 nitrogen and oxygen atoms in total. The molecule has 1 heterocycles. The van der Waals surface area contributed by atoms with Gasteiger partial charge in [-0.25, -0.2) is 0 Å². The van der Waals surface area contributed by atoms with Crippen molar-refractivity contribution in [3.63, 3.8) is 0 Å². The molecule has 0 fully saturated rings. The van der Waals surface area contributed by atoms with Gasteiger partial charge >= 0.3 is 0 Å². The lowest BCUT2D eigenvalue weighted by molar-refractivity contribution is 0.720. The van der Waals surface area contributed by atoms with Gasteiger partial charge in [0.05, 0.1) is 6.21 Å². The number of benzene rings is 1. The lowest BCUT2D eigenvalue weighted by atomic mass is 10.2. The predicted octanol–water partition coefficient (Wildman–Crippen LogP) is 2.25. The quantitative estimate of drug-likeness (QED) is 0.680. The molecule has 0 spiro atoms. The van der Waals surface area contributed by atoms with Gasteiger partial charge in [0.15, 0.2) is 0 Å². The molecule has 0 aliphatic carbocycles. The van der Waals surface area contributed by atoms with Gasteiger partial charge in [0.2, 0.25) is 4.77 Å². The van der Waals surface area contributed by atoms with Crippen molar-refractivity contribution in [3.8, 4) is 0 Å². The van der Waals surface area contributed by atoms with Crippen molar-refractivity contribution in [3.05, 3.63) is 55.1 Å². The van der Waals surface area contributed by atoms with Crippen molar-refractivity contribution in [2.45, 2.75) is 6.92 Å². The monoisotopic (exact) mass is 324 g/mol. The molecule has 0 unspecified atom stereocenters. The van der Waals surface area contributed by atoms with Gasteiger partial charge < -0.3 is 0 Å². The first-order valence-electron chi connectivity index (χ1n) is 5.06. The summed E-state index contributed by atoms with van der Waals surface area (Å²) < 4.78 is 2.21. The summed E-state index contributed by atoms with van der Waals surface area (Å²) >= 11 is 8.32. The topological polar surface area (TPSA) is 63.0 Å². The van der Waals surface area contributed by atoms with E-state index in [9.17, 15) is 4.79 Å². The highest BCUT2D eigenvalue weighted by Gasteiger charge is 2.00. The molecule has 0 aliphatic heterocycles. The summed E-state index contributed by atoms with van der Waals surface area (Å²) in [5, 5.41) is 10.4. The Bertz CT molecular complexity index is 719. The zero-order valence-corrected chi connectivity index (χ0v) is 11.8. The minimum atomic E-state index is -0.329. The maximum absolute atomic E-state index is 11.8. The van der Waals surface area contributed by atoms with Crippen molar-refractivity contribution >= 4 is 34.4 Å². The van der Waals surface area contributed by atoms with Gasteiger partial charge in [0.25, 0.3) is 5.56 Å². The molecule has 18 heavy (non-hydrogen) atoms. The second-order valence-electron chi connectivity index (χ2n) is 3.53. The number of halogens is 1. The number of nitrogens with zero attached hydrogens (tertiary/aromatic N) is 3. The molecule has 0 bridgehead atoms. The van der Waals surface area contributed by atoms with Crippen LogP contribution in [0.3, 0.4) is 0 Å². The first kappa shape index (κ1) is 12.8. The summed E-state index contributed by atoms with van der Waals surface area (Å²) in [7, 11) is 0. The average Bonchev–Trinajstić information content (AvgIpc) is 2.34. The largest absolute Gasteiger partial charge is 0.296 e. The maximum atomic E-state index is 11.8. The van der Waals surface area contributed by atoms with Crippen LogP contribution in [0.25, 0.3) is 0 Å². The van der Waals surface area contributed by atoms with E-state index in [1.807, 2.05) is 24.3 Å². The van der Waals surface area contributed by atoms with Crippen LogP contribution in [0, 0.1) is 11.7 Å². The van der Waals surface area contributed by atoms with E-state index in [0.29, 0.717) is 5.69 Å². The Kier molecular flexibility index (Phi) is 3.83. The van der Waals surface area contributed by atoms with E-state index in [4.69, 9.17) is 12.2 Å². The van der Waals surface area contributed by atoms with Gasteiger partial charge in [0.1, 0.15) is 5.69 Å². The Balaban J connectivity index is 2.44. The van der Waals surface area contributed by atoms with Crippen molar-refractivity contribution in [1.82, 2.24) is 14.9 Å². The second-order valence-corrected chi connectivity index (χ2v) is 4.83. The second kappa shape index (κ2) is 5.36. The molecule has 1 aromatic carbocycles. The standard InChI is InChI=1S/C11H9BrN4OS/c1-7-10(17)16(11(18)15-14-7)13-6-8-3-2-4-9(12)5-8/h2-6H,1H3,(H,15,18)/b13-6+. The molecule has 1 N–H and O–H groups in total. The molecular weight excluding hydrogens is 316 g/mol. The summed E-state index contributed by atoms with van der Waals surface area (Å²) in [5.41, 5.74) is 0.847.